The zero-order valence-corrected chi connectivity index (χ0v) is 37.2. The summed E-state index contributed by atoms with van der Waals surface area (Å²) in [6.45, 7) is 4.43. The van der Waals surface area contributed by atoms with E-state index in [2.05, 4.69) is 111 Å². The Morgan fingerprint density at radius 2 is 0.914 bits per heavy atom. The Bertz CT molecular complexity index is 1260. The molecule has 0 rings (SSSR count). The Kier molecular flexibility index (Phi) is 37.5. The molecular weight excluding hydrogens is 727 g/mol. The fraction of sp³-hybridized carbons (Fsp3) is 0.620. The van der Waals surface area contributed by atoms with Gasteiger partial charge in [-0.05, 0) is 89.9 Å². The number of carbonyl (C=O) groups excluding carboxylic acids is 2. The highest BCUT2D eigenvalue weighted by molar-refractivity contribution is 5.72. The summed E-state index contributed by atoms with van der Waals surface area (Å²) in [5.74, 6) is -1.54. The Morgan fingerprint density at radius 1 is 0.517 bits per heavy atom. The second-order valence-electron chi connectivity index (χ2n) is 15.5. The van der Waals surface area contributed by atoms with Gasteiger partial charge in [0.15, 0.2) is 12.1 Å². The zero-order chi connectivity index (χ0) is 42.8. The van der Waals surface area contributed by atoms with Crippen LogP contribution >= 0.6 is 0 Å². The average molecular weight is 809 g/mol. The van der Waals surface area contributed by atoms with E-state index in [9.17, 15) is 19.5 Å². The smallest absolute Gasteiger partial charge is 0.362 e. The number of carboxylic acid groups (broad SMARTS) is 1. The summed E-state index contributed by atoms with van der Waals surface area (Å²) in [6.07, 6.45) is 53.1. The molecule has 8 nitrogen and oxygen atoms in total. The summed E-state index contributed by atoms with van der Waals surface area (Å²) in [4.78, 5) is 37.0. The van der Waals surface area contributed by atoms with Gasteiger partial charge in [0, 0.05) is 19.3 Å². The highest BCUT2D eigenvalue weighted by Gasteiger charge is 2.31. The lowest BCUT2D eigenvalue weighted by Gasteiger charge is -2.31. The molecule has 2 atom stereocenters. The van der Waals surface area contributed by atoms with Crippen LogP contribution < -0.4 is 0 Å². The number of carbonyl (C=O) groups is 3. The van der Waals surface area contributed by atoms with E-state index in [4.69, 9.17) is 14.2 Å². The highest BCUT2D eigenvalue weighted by Crippen LogP contribution is 2.12. The van der Waals surface area contributed by atoms with Gasteiger partial charge in [-0.15, -0.1) is 0 Å². The van der Waals surface area contributed by atoms with Crippen molar-refractivity contribution in [1.82, 2.24) is 0 Å². The highest BCUT2D eigenvalue weighted by atomic mass is 16.6. The van der Waals surface area contributed by atoms with Crippen molar-refractivity contribution in [2.45, 2.75) is 161 Å². The number of aliphatic carboxylic acids is 1. The van der Waals surface area contributed by atoms with Crippen LogP contribution in [0.3, 0.4) is 0 Å². The van der Waals surface area contributed by atoms with Gasteiger partial charge in [-0.25, -0.2) is 4.79 Å². The fourth-order valence-corrected chi connectivity index (χ4v) is 5.84. The van der Waals surface area contributed by atoms with E-state index >= 15 is 0 Å². The van der Waals surface area contributed by atoms with Gasteiger partial charge in [-0.2, -0.15) is 0 Å². The second-order valence-corrected chi connectivity index (χ2v) is 15.5. The maximum absolute atomic E-state index is 12.7. The van der Waals surface area contributed by atoms with E-state index in [1.807, 2.05) is 21.1 Å². The number of esters is 2. The number of quaternary nitrogens is 1. The molecule has 0 saturated carbocycles. The SMILES string of the molecule is CC/C=C/C/C=C/C/C=C/C/C=C/C/C=C/CCCCCCC(=O)OC(COCCC(C(=O)O)[N+](C)(C)C)COC(=O)CCCCCC/C=C/C/C=C/C/C=C/CC. The Labute approximate surface area is 354 Å². The van der Waals surface area contributed by atoms with Gasteiger partial charge in [0.1, 0.15) is 6.61 Å². The number of carboxylic acids is 1. The summed E-state index contributed by atoms with van der Waals surface area (Å²) >= 11 is 0. The number of rotatable bonds is 38. The molecular formula is C50H82NO7+. The van der Waals surface area contributed by atoms with E-state index in [0.29, 0.717) is 12.8 Å². The number of ether oxygens (including phenoxy) is 3. The van der Waals surface area contributed by atoms with Crippen LogP contribution in [0, 0.1) is 0 Å². The van der Waals surface area contributed by atoms with Crippen molar-refractivity contribution < 1.29 is 38.2 Å². The minimum atomic E-state index is -0.888. The Hall–Kier alpha value is -3.75. The van der Waals surface area contributed by atoms with E-state index in [0.717, 1.165) is 116 Å². The molecule has 0 aliphatic rings. The Morgan fingerprint density at radius 3 is 1.33 bits per heavy atom. The van der Waals surface area contributed by atoms with E-state index in [1.165, 1.54) is 0 Å². The number of unbranched alkanes of at least 4 members (excludes halogenated alkanes) is 8. The van der Waals surface area contributed by atoms with Crippen LogP contribution in [-0.2, 0) is 28.6 Å². The quantitative estimate of drug-likeness (QED) is 0.0287. The van der Waals surface area contributed by atoms with Gasteiger partial charge in [0.25, 0.3) is 0 Å². The van der Waals surface area contributed by atoms with Crippen molar-refractivity contribution in [2.24, 2.45) is 0 Å². The summed E-state index contributed by atoms with van der Waals surface area (Å²) in [7, 11) is 5.50. The molecule has 0 aliphatic carbocycles. The first kappa shape index (κ1) is 54.2. The molecule has 328 valence electrons. The summed E-state index contributed by atoms with van der Waals surface area (Å²) in [6, 6.07) is -0.629. The van der Waals surface area contributed by atoms with Crippen LogP contribution in [0.25, 0.3) is 0 Å². The Balaban J connectivity index is 4.44. The number of nitrogens with zero attached hydrogens (tertiary/aromatic N) is 1. The molecule has 0 radical (unpaired) electrons. The predicted molar refractivity (Wildman–Crippen MR) is 243 cm³/mol. The van der Waals surface area contributed by atoms with Crippen LogP contribution in [0.5, 0.6) is 0 Å². The maximum Gasteiger partial charge on any atom is 0.362 e. The van der Waals surface area contributed by atoms with Crippen molar-refractivity contribution in [3.63, 3.8) is 0 Å². The third-order valence-corrected chi connectivity index (χ3v) is 9.23. The van der Waals surface area contributed by atoms with Gasteiger partial charge in [-0.3, -0.25) is 9.59 Å². The van der Waals surface area contributed by atoms with Gasteiger partial charge < -0.3 is 23.8 Å². The van der Waals surface area contributed by atoms with Crippen LogP contribution in [0.2, 0.25) is 0 Å². The maximum atomic E-state index is 12.7. The number of allylic oxidation sites excluding steroid dienone is 16. The predicted octanol–water partition coefficient (Wildman–Crippen LogP) is 12.3. The molecule has 1 N–H and O–H groups in total. The normalized spacial score (nSPS) is 13.9. The average Bonchev–Trinajstić information content (AvgIpc) is 3.18. The molecule has 0 amide bonds. The molecule has 0 aliphatic heterocycles. The minimum Gasteiger partial charge on any atom is -0.477 e. The molecule has 0 saturated heterocycles. The lowest BCUT2D eigenvalue weighted by Crippen LogP contribution is -2.50. The third kappa shape index (κ3) is 37.8. The number of likely N-dealkylation sites (N-methyl/N-ethyl adjacent to an activating group) is 1. The van der Waals surface area contributed by atoms with Crippen molar-refractivity contribution in [3.05, 3.63) is 97.2 Å². The molecule has 0 fully saturated rings. The molecule has 2 unspecified atom stereocenters. The first-order chi connectivity index (χ1) is 28.1. The van der Waals surface area contributed by atoms with E-state index in [1.54, 1.807) is 0 Å². The molecule has 0 aromatic carbocycles. The lowest BCUT2D eigenvalue weighted by atomic mass is 10.1. The van der Waals surface area contributed by atoms with Gasteiger partial charge in [-0.1, -0.05) is 137 Å². The molecule has 0 bridgehead atoms. The second kappa shape index (κ2) is 40.0. The largest absolute Gasteiger partial charge is 0.477 e. The number of hydrogen-bond donors (Lipinski definition) is 1. The summed E-state index contributed by atoms with van der Waals surface area (Å²) < 4.78 is 17.2. The van der Waals surface area contributed by atoms with Crippen LogP contribution in [0.15, 0.2) is 97.2 Å². The van der Waals surface area contributed by atoms with Crippen LogP contribution in [-0.4, -0.2) is 80.6 Å². The molecule has 0 aromatic heterocycles. The van der Waals surface area contributed by atoms with Crippen molar-refractivity contribution in [2.75, 3.05) is 41.0 Å². The lowest BCUT2D eigenvalue weighted by molar-refractivity contribution is -0.887. The minimum absolute atomic E-state index is 0.0367. The topological polar surface area (TPSA) is 99.1 Å². The van der Waals surface area contributed by atoms with Crippen molar-refractivity contribution >= 4 is 17.9 Å². The molecule has 0 heterocycles. The van der Waals surface area contributed by atoms with E-state index in [-0.39, 0.29) is 42.7 Å². The van der Waals surface area contributed by atoms with Crippen LogP contribution in [0.4, 0.5) is 0 Å². The molecule has 8 heteroatoms. The first-order valence-electron chi connectivity index (χ1n) is 22.3. The molecule has 0 aromatic rings. The number of hydrogen-bond acceptors (Lipinski definition) is 6. The fourth-order valence-electron chi connectivity index (χ4n) is 5.84. The van der Waals surface area contributed by atoms with Gasteiger partial charge in [0.2, 0.25) is 0 Å². The van der Waals surface area contributed by atoms with Gasteiger partial charge in [0.05, 0.1) is 34.4 Å². The molecule has 0 spiro atoms. The first-order valence-corrected chi connectivity index (χ1v) is 22.3. The molecule has 58 heavy (non-hydrogen) atoms. The summed E-state index contributed by atoms with van der Waals surface area (Å²) in [5.41, 5.74) is 0. The van der Waals surface area contributed by atoms with Crippen molar-refractivity contribution in [1.29, 1.82) is 0 Å². The standard InChI is InChI=1S/C50H81NO7/c1-6-8-10-12-14-16-18-20-22-23-24-25-26-27-29-31-33-35-37-39-41-49(53)58-46(44-56-43-42-47(50(54)55)51(3,4)5)45-57-48(52)40-38-36-34-32-30-28-21-19-17-15-13-11-9-7-2/h8-11,14-17,20-22,24-25,27-29,46-47H,6-7,12-13,18-19,23,26,30-45H2,1-5H3/p+1/b10-8+,11-9+,16-14+,17-15+,22-20+,25-24+,28-21+,29-27+. The zero-order valence-electron chi connectivity index (χ0n) is 37.2. The van der Waals surface area contributed by atoms with Crippen molar-refractivity contribution in [3.8, 4) is 0 Å². The monoisotopic (exact) mass is 809 g/mol. The van der Waals surface area contributed by atoms with Crippen LogP contribution in [0.1, 0.15) is 149 Å². The third-order valence-electron chi connectivity index (χ3n) is 9.23. The van der Waals surface area contributed by atoms with Gasteiger partial charge >= 0.3 is 17.9 Å². The van der Waals surface area contributed by atoms with E-state index < -0.39 is 18.1 Å². The summed E-state index contributed by atoms with van der Waals surface area (Å²) in [5, 5.41) is 9.62.